The summed E-state index contributed by atoms with van der Waals surface area (Å²) in [7, 11) is -1.30. The zero-order chi connectivity index (χ0) is 13.3. The van der Waals surface area contributed by atoms with Gasteiger partial charge in [-0.2, -0.15) is 0 Å². The van der Waals surface area contributed by atoms with Gasteiger partial charge in [-0.15, -0.1) is 5.10 Å². The molecule has 3 nitrogen and oxygen atoms in total. The van der Waals surface area contributed by atoms with E-state index in [2.05, 4.69) is 30.0 Å². The number of rotatable bonds is 3. The van der Waals surface area contributed by atoms with E-state index in [9.17, 15) is 8.78 Å². The third-order valence-corrected chi connectivity index (χ3v) is 3.65. The van der Waals surface area contributed by atoms with E-state index < -0.39 is 19.7 Å². The van der Waals surface area contributed by atoms with E-state index in [1.54, 1.807) is 10.9 Å². The molecule has 0 aliphatic rings. The molecule has 0 fully saturated rings. The Hall–Kier alpha value is -1.56. The molecule has 0 spiro atoms. The van der Waals surface area contributed by atoms with Crippen molar-refractivity contribution >= 4 is 8.07 Å². The van der Waals surface area contributed by atoms with Gasteiger partial charge in [0.2, 0.25) is 0 Å². The van der Waals surface area contributed by atoms with E-state index in [0.29, 0.717) is 5.69 Å². The summed E-state index contributed by atoms with van der Waals surface area (Å²) in [6, 6.07) is 3.45. The molecule has 96 valence electrons. The van der Waals surface area contributed by atoms with E-state index in [0.717, 1.165) is 12.2 Å². The molecule has 0 unspecified atom stereocenters. The van der Waals surface area contributed by atoms with Crippen LogP contribution in [0.4, 0.5) is 8.78 Å². The van der Waals surface area contributed by atoms with Gasteiger partial charge in [-0.05, 0) is 12.1 Å². The molecule has 0 saturated carbocycles. The summed E-state index contributed by atoms with van der Waals surface area (Å²) in [5.41, 5.74) is 0.712. The van der Waals surface area contributed by atoms with Crippen LogP contribution in [0.15, 0.2) is 24.4 Å². The van der Waals surface area contributed by atoms with Crippen molar-refractivity contribution in [2.24, 2.45) is 0 Å². The molecule has 0 atom stereocenters. The third kappa shape index (κ3) is 3.01. The highest BCUT2D eigenvalue weighted by molar-refractivity contribution is 6.74. The van der Waals surface area contributed by atoms with Gasteiger partial charge >= 0.3 is 0 Å². The van der Waals surface area contributed by atoms with Crippen LogP contribution in [-0.4, -0.2) is 23.1 Å². The average Bonchev–Trinajstić information content (AvgIpc) is 2.63. The van der Waals surface area contributed by atoms with Crippen LogP contribution in [0.3, 0.4) is 0 Å². The number of hydrogen-bond donors (Lipinski definition) is 0. The van der Waals surface area contributed by atoms with Gasteiger partial charge in [-0.3, -0.25) is 4.68 Å². The van der Waals surface area contributed by atoms with Gasteiger partial charge in [0.25, 0.3) is 0 Å². The van der Waals surface area contributed by atoms with E-state index in [1.165, 1.54) is 12.1 Å². The average molecular weight is 267 g/mol. The third-order valence-electron chi connectivity index (χ3n) is 2.38. The molecule has 0 N–H and O–H groups in total. The maximum absolute atomic E-state index is 13.6. The second-order valence-electron chi connectivity index (χ2n) is 5.49. The maximum atomic E-state index is 13.6. The topological polar surface area (TPSA) is 30.7 Å². The Bertz CT molecular complexity index is 561. The molecule has 2 rings (SSSR count). The van der Waals surface area contributed by atoms with Gasteiger partial charge in [0.15, 0.2) is 0 Å². The van der Waals surface area contributed by atoms with Crippen LogP contribution in [-0.2, 0) is 6.17 Å². The molecule has 0 radical (unpaired) electrons. The van der Waals surface area contributed by atoms with Crippen molar-refractivity contribution in [2.75, 3.05) is 0 Å². The second-order valence-corrected chi connectivity index (χ2v) is 10.9. The summed E-state index contributed by atoms with van der Waals surface area (Å²) in [5.74, 6) is -1.21. The molecular weight excluding hydrogens is 252 g/mol. The molecule has 0 amide bonds. The van der Waals surface area contributed by atoms with E-state index in [1.807, 2.05) is 0 Å². The maximum Gasteiger partial charge on any atom is 0.135 e. The van der Waals surface area contributed by atoms with E-state index in [4.69, 9.17) is 0 Å². The molecule has 0 aliphatic carbocycles. The van der Waals surface area contributed by atoms with Gasteiger partial charge < -0.3 is 0 Å². The Morgan fingerprint density at radius 3 is 2.56 bits per heavy atom. The first-order valence-corrected chi connectivity index (χ1v) is 9.41. The summed E-state index contributed by atoms with van der Waals surface area (Å²) >= 11 is 0. The highest BCUT2D eigenvalue weighted by Crippen LogP contribution is 2.21. The van der Waals surface area contributed by atoms with Crippen LogP contribution >= 0.6 is 0 Å². The molecule has 18 heavy (non-hydrogen) atoms. The predicted octanol–water partition coefficient (Wildman–Crippen LogP) is 3.10. The Morgan fingerprint density at radius 2 is 1.94 bits per heavy atom. The smallest absolute Gasteiger partial charge is 0.135 e. The molecule has 2 aromatic rings. The van der Waals surface area contributed by atoms with Crippen LogP contribution in [0.2, 0.25) is 19.6 Å². The van der Waals surface area contributed by atoms with Gasteiger partial charge in [-0.1, -0.05) is 24.9 Å². The molecule has 0 aliphatic heterocycles. The van der Waals surface area contributed by atoms with E-state index in [-0.39, 0.29) is 5.56 Å². The van der Waals surface area contributed by atoms with Gasteiger partial charge in [0, 0.05) is 17.8 Å². The number of hydrogen-bond acceptors (Lipinski definition) is 2. The molecule has 1 heterocycles. The highest BCUT2D eigenvalue weighted by Gasteiger charge is 2.16. The summed E-state index contributed by atoms with van der Waals surface area (Å²) in [4.78, 5) is 0. The lowest BCUT2D eigenvalue weighted by Gasteiger charge is -2.14. The Balaban J connectivity index is 2.29. The summed E-state index contributed by atoms with van der Waals surface area (Å²) in [5, 5.41) is 7.92. The number of halogens is 2. The van der Waals surface area contributed by atoms with Crippen LogP contribution in [0.25, 0.3) is 11.3 Å². The minimum atomic E-state index is -1.30. The van der Waals surface area contributed by atoms with Gasteiger partial charge in [0.05, 0.1) is 14.3 Å². The fraction of sp³-hybridized carbons (Fsp3) is 0.333. The van der Waals surface area contributed by atoms with Crippen LogP contribution < -0.4 is 0 Å². The SMILES string of the molecule is C[Si](C)(C)Cn1cc(-c2ccc(F)cc2F)nn1. The van der Waals surface area contributed by atoms with E-state index >= 15 is 0 Å². The summed E-state index contributed by atoms with van der Waals surface area (Å²) < 4.78 is 28.1. The lowest BCUT2D eigenvalue weighted by Crippen LogP contribution is -2.28. The lowest BCUT2D eigenvalue weighted by atomic mass is 10.1. The normalized spacial score (nSPS) is 11.8. The monoisotopic (exact) mass is 267 g/mol. The minimum absolute atomic E-state index is 0.276. The molecule has 1 aromatic heterocycles. The fourth-order valence-corrected chi connectivity index (χ4v) is 2.81. The van der Waals surface area contributed by atoms with Crippen molar-refractivity contribution < 1.29 is 8.78 Å². The fourth-order valence-electron chi connectivity index (χ4n) is 1.68. The zero-order valence-electron chi connectivity index (χ0n) is 10.6. The summed E-state index contributed by atoms with van der Waals surface area (Å²) in [6.45, 7) is 6.65. The first-order valence-electron chi connectivity index (χ1n) is 5.71. The lowest BCUT2D eigenvalue weighted by molar-refractivity contribution is 0.585. The second kappa shape index (κ2) is 4.60. The number of aromatic nitrogens is 3. The molecule has 0 saturated heterocycles. The van der Waals surface area contributed by atoms with Crippen molar-refractivity contribution in [2.45, 2.75) is 25.8 Å². The molecule has 0 bridgehead atoms. The molecule has 1 aromatic carbocycles. The number of nitrogens with zero attached hydrogens (tertiary/aromatic N) is 3. The Morgan fingerprint density at radius 1 is 1.22 bits per heavy atom. The minimum Gasteiger partial charge on any atom is -0.255 e. The van der Waals surface area contributed by atoms with Gasteiger partial charge in [0.1, 0.15) is 17.3 Å². The largest absolute Gasteiger partial charge is 0.255 e. The van der Waals surface area contributed by atoms with Crippen molar-refractivity contribution in [3.63, 3.8) is 0 Å². The predicted molar refractivity (Wildman–Crippen MR) is 68.7 cm³/mol. The van der Waals surface area contributed by atoms with Crippen molar-refractivity contribution in [3.05, 3.63) is 36.0 Å². The first kappa shape index (κ1) is 12.9. The van der Waals surface area contributed by atoms with Crippen LogP contribution in [0.5, 0.6) is 0 Å². The van der Waals surface area contributed by atoms with Crippen LogP contribution in [0, 0.1) is 11.6 Å². The summed E-state index contributed by atoms with van der Waals surface area (Å²) in [6.07, 6.45) is 2.53. The quantitative estimate of drug-likeness (QED) is 0.800. The Kier molecular flexibility index (Phi) is 3.29. The molecule has 6 heteroatoms. The molecular formula is C12H15F2N3Si. The standard InChI is InChI=1S/C12H15F2N3Si/c1-18(2,3)8-17-7-12(15-16-17)10-5-4-9(13)6-11(10)14/h4-7H,8H2,1-3H3. The number of benzene rings is 1. The van der Waals surface area contributed by atoms with Crippen molar-refractivity contribution in [1.82, 2.24) is 15.0 Å². The van der Waals surface area contributed by atoms with Crippen molar-refractivity contribution in [1.29, 1.82) is 0 Å². The van der Waals surface area contributed by atoms with Crippen molar-refractivity contribution in [3.8, 4) is 11.3 Å². The van der Waals surface area contributed by atoms with Crippen LogP contribution in [0.1, 0.15) is 0 Å². The zero-order valence-corrected chi connectivity index (χ0v) is 11.6. The van der Waals surface area contributed by atoms with Gasteiger partial charge in [-0.25, -0.2) is 8.78 Å². The first-order chi connectivity index (χ1) is 8.35. The highest BCUT2D eigenvalue weighted by atomic mass is 28.3. The Labute approximate surface area is 105 Å².